The third kappa shape index (κ3) is 4.17. The average Bonchev–Trinajstić information content (AvgIpc) is 2.76. The van der Waals surface area contributed by atoms with Crippen LogP contribution in [0.25, 0.3) is 0 Å². The van der Waals surface area contributed by atoms with Crippen LogP contribution in [0.15, 0.2) is 91.0 Å². The highest BCUT2D eigenvalue weighted by atomic mass is 16.7. The van der Waals surface area contributed by atoms with Gasteiger partial charge in [0.1, 0.15) is 0 Å². The summed E-state index contributed by atoms with van der Waals surface area (Å²) in [6.45, 7) is 5.02. The van der Waals surface area contributed by atoms with Crippen molar-refractivity contribution in [1.82, 2.24) is 4.90 Å². The van der Waals surface area contributed by atoms with Crippen LogP contribution in [-0.4, -0.2) is 24.6 Å². The van der Waals surface area contributed by atoms with E-state index in [4.69, 9.17) is 9.47 Å². The number of hydrogen-bond acceptors (Lipinski definition) is 3. The van der Waals surface area contributed by atoms with Gasteiger partial charge in [0.15, 0.2) is 0 Å². The van der Waals surface area contributed by atoms with Gasteiger partial charge in [0, 0.05) is 25.3 Å². The van der Waals surface area contributed by atoms with Crippen molar-refractivity contribution in [2.24, 2.45) is 0 Å². The number of morpholine rings is 1. The van der Waals surface area contributed by atoms with E-state index in [1.807, 2.05) is 31.2 Å². The van der Waals surface area contributed by atoms with Crippen LogP contribution in [0.2, 0.25) is 0 Å². The van der Waals surface area contributed by atoms with Crippen molar-refractivity contribution in [2.75, 3.05) is 19.7 Å². The second-order valence-electron chi connectivity index (χ2n) is 7.22. The Bertz CT molecular complexity index is 853. The van der Waals surface area contributed by atoms with E-state index in [-0.39, 0.29) is 6.10 Å². The average molecular weight is 373 g/mol. The number of hydrogen-bond donors (Lipinski definition) is 0. The normalized spacial score (nSPS) is 22.8. The molecular weight excluding hydrogens is 346 g/mol. The van der Waals surface area contributed by atoms with Crippen molar-refractivity contribution in [3.05, 3.63) is 108 Å². The molecule has 0 aliphatic carbocycles. The topological polar surface area (TPSA) is 21.7 Å². The molecule has 0 bridgehead atoms. The van der Waals surface area contributed by atoms with Gasteiger partial charge in [-0.15, -0.1) is 0 Å². The zero-order valence-electron chi connectivity index (χ0n) is 16.3. The lowest BCUT2D eigenvalue weighted by molar-refractivity contribution is -0.303. The van der Waals surface area contributed by atoms with E-state index >= 15 is 0 Å². The summed E-state index contributed by atoms with van der Waals surface area (Å²) in [7, 11) is 0. The van der Waals surface area contributed by atoms with Crippen molar-refractivity contribution in [1.29, 1.82) is 0 Å². The molecule has 3 heteroatoms. The summed E-state index contributed by atoms with van der Waals surface area (Å²) < 4.78 is 13.0. The summed E-state index contributed by atoms with van der Waals surface area (Å²) in [5, 5.41) is 0. The standard InChI is InChI=1S/C25H27NO2/c1-2-27-25(23-16-10-5-11-17-23)20-26(18-21-12-6-3-7-13-21)19-24(28-25)22-14-8-4-9-15-22/h3-17,24H,2,18-20H2,1H3. The van der Waals surface area contributed by atoms with Crippen LogP contribution in [0.5, 0.6) is 0 Å². The van der Waals surface area contributed by atoms with Crippen LogP contribution >= 0.6 is 0 Å². The predicted molar refractivity (Wildman–Crippen MR) is 112 cm³/mol. The second kappa shape index (κ2) is 8.70. The van der Waals surface area contributed by atoms with E-state index in [2.05, 4.69) is 71.6 Å². The molecule has 28 heavy (non-hydrogen) atoms. The molecule has 1 heterocycles. The van der Waals surface area contributed by atoms with Crippen molar-refractivity contribution >= 4 is 0 Å². The van der Waals surface area contributed by atoms with Gasteiger partial charge in [0.25, 0.3) is 0 Å². The smallest absolute Gasteiger partial charge is 0.208 e. The maximum atomic E-state index is 6.69. The Kier molecular flexibility index (Phi) is 5.87. The third-order valence-electron chi connectivity index (χ3n) is 5.20. The van der Waals surface area contributed by atoms with Gasteiger partial charge in [-0.1, -0.05) is 91.0 Å². The quantitative estimate of drug-likeness (QED) is 0.596. The molecule has 2 unspecified atom stereocenters. The molecule has 0 radical (unpaired) electrons. The third-order valence-corrected chi connectivity index (χ3v) is 5.20. The van der Waals surface area contributed by atoms with Gasteiger partial charge >= 0.3 is 0 Å². The van der Waals surface area contributed by atoms with Gasteiger partial charge in [-0.05, 0) is 18.1 Å². The molecule has 3 aromatic carbocycles. The van der Waals surface area contributed by atoms with E-state index in [0.717, 1.165) is 18.7 Å². The zero-order valence-corrected chi connectivity index (χ0v) is 16.3. The fourth-order valence-electron chi connectivity index (χ4n) is 3.95. The van der Waals surface area contributed by atoms with E-state index in [1.54, 1.807) is 0 Å². The Hall–Kier alpha value is -2.46. The number of benzene rings is 3. The molecule has 144 valence electrons. The summed E-state index contributed by atoms with van der Waals surface area (Å²) >= 11 is 0. The number of ether oxygens (including phenoxy) is 2. The molecule has 0 amide bonds. The monoisotopic (exact) mass is 373 g/mol. The molecule has 0 aromatic heterocycles. The molecular formula is C25H27NO2. The molecule has 1 aliphatic heterocycles. The van der Waals surface area contributed by atoms with Crippen molar-refractivity contribution < 1.29 is 9.47 Å². The van der Waals surface area contributed by atoms with E-state index < -0.39 is 5.79 Å². The summed E-state index contributed by atoms with van der Waals surface area (Å²) in [6, 6.07) is 31.4. The lowest BCUT2D eigenvalue weighted by Crippen LogP contribution is -2.52. The minimum absolute atomic E-state index is 0.0505. The van der Waals surface area contributed by atoms with E-state index in [9.17, 15) is 0 Å². The molecule has 1 fully saturated rings. The summed E-state index contributed by atoms with van der Waals surface area (Å²) in [5.74, 6) is -0.774. The first-order valence-corrected chi connectivity index (χ1v) is 9.97. The van der Waals surface area contributed by atoms with Crippen LogP contribution in [0.1, 0.15) is 29.7 Å². The molecule has 3 nitrogen and oxygen atoms in total. The van der Waals surface area contributed by atoms with Gasteiger partial charge in [-0.3, -0.25) is 4.90 Å². The van der Waals surface area contributed by atoms with Crippen LogP contribution in [0, 0.1) is 0 Å². The van der Waals surface area contributed by atoms with E-state index in [0.29, 0.717) is 13.2 Å². The van der Waals surface area contributed by atoms with Gasteiger partial charge in [-0.25, -0.2) is 0 Å². The minimum atomic E-state index is -0.774. The Labute approximate surface area is 167 Å². The Morgan fingerprint density at radius 1 is 0.893 bits per heavy atom. The minimum Gasteiger partial charge on any atom is -0.345 e. The highest BCUT2D eigenvalue weighted by Crippen LogP contribution is 2.39. The maximum absolute atomic E-state index is 6.69. The molecule has 0 N–H and O–H groups in total. The van der Waals surface area contributed by atoms with Crippen LogP contribution in [-0.2, 0) is 21.8 Å². The Morgan fingerprint density at radius 3 is 2.14 bits per heavy atom. The Morgan fingerprint density at radius 2 is 1.50 bits per heavy atom. The largest absolute Gasteiger partial charge is 0.345 e. The summed E-state index contributed by atoms with van der Waals surface area (Å²) in [5.41, 5.74) is 3.55. The van der Waals surface area contributed by atoms with Gasteiger partial charge < -0.3 is 9.47 Å². The SMILES string of the molecule is CCOC1(c2ccccc2)CN(Cc2ccccc2)CC(c2ccccc2)O1. The highest BCUT2D eigenvalue weighted by molar-refractivity contribution is 5.25. The first-order valence-electron chi connectivity index (χ1n) is 9.97. The van der Waals surface area contributed by atoms with Crippen LogP contribution < -0.4 is 0 Å². The fourth-order valence-corrected chi connectivity index (χ4v) is 3.95. The Balaban J connectivity index is 1.69. The fraction of sp³-hybridized carbons (Fsp3) is 0.280. The molecule has 1 aliphatic rings. The summed E-state index contributed by atoms with van der Waals surface area (Å²) in [6.07, 6.45) is -0.0505. The van der Waals surface area contributed by atoms with Crippen molar-refractivity contribution in [3.63, 3.8) is 0 Å². The number of nitrogens with zero attached hydrogens (tertiary/aromatic N) is 1. The molecule has 2 atom stereocenters. The molecule has 1 saturated heterocycles. The van der Waals surface area contributed by atoms with Crippen LogP contribution in [0.3, 0.4) is 0 Å². The van der Waals surface area contributed by atoms with Gasteiger partial charge in [-0.2, -0.15) is 0 Å². The molecule has 3 aromatic rings. The molecule has 0 saturated carbocycles. The first kappa shape index (κ1) is 18.9. The zero-order chi connectivity index (χ0) is 19.2. The lowest BCUT2D eigenvalue weighted by atomic mass is 9.99. The van der Waals surface area contributed by atoms with Gasteiger partial charge in [0.05, 0.1) is 12.6 Å². The maximum Gasteiger partial charge on any atom is 0.208 e. The van der Waals surface area contributed by atoms with Gasteiger partial charge in [0.2, 0.25) is 5.79 Å². The van der Waals surface area contributed by atoms with Crippen LogP contribution in [0.4, 0.5) is 0 Å². The van der Waals surface area contributed by atoms with Crippen molar-refractivity contribution in [3.8, 4) is 0 Å². The summed E-state index contributed by atoms with van der Waals surface area (Å²) in [4.78, 5) is 2.44. The number of rotatable bonds is 6. The van der Waals surface area contributed by atoms with Crippen molar-refractivity contribution in [2.45, 2.75) is 25.4 Å². The highest BCUT2D eigenvalue weighted by Gasteiger charge is 2.43. The lowest BCUT2D eigenvalue weighted by Gasteiger charge is -2.46. The van der Waals surface area contributed by atoms with E-state index in [1.165, 1.54) is 11.1 Å². The predicted octanol–water partition coefficient (Wildman–Crippen LogP) is 5.15. The molecule has 4 rings (SSSR count). The molecule has 0 spiro atoms. The first-order chi connectivity index (χ1) is 13.8. The second-order valence-corrected chi connectivity index (χ2v) is 7.22.